The molecule has 1 saturated carbocycles. The molecule has 0 atom stereocenters. The van der Waals surface area contributed by atoms with Crippen molar-refractivity contribution in [2.45, 2.75) is 38.6 Å². The van der Waals surface area contributed by atoms with Gasteiger partial charge in [0.1, 0.15) is 5.52 Å². The third kappa shape index (κ3) is 2.20. The lowest BCUT2D eigenvalue weighted by Crippen LogP contribution is -2.17. The number of carboxylic acid groups (broad SMARTS) is 1. The molecule has 1 aliphatic carbocycles. The molecule has 5 heteroatoms. The van der Waals surface area contributed by atoms with E-state index in [9.17, 15) is 4.79 Å². The number of aromatic nitrogens is 3. The Labute approximate surface area is 111 Å². The highest BCUT2D eigenvalue weighted by atomic mass is 16.4. The molecule has 3 rings (SSSR count). The molecule has 0 aliphatic heterocycles. The highest BCUT2D eigenvalue weighted by molar-refractivity contribution is 5.92. The van der Waals surface area contributed by atoms with Gasteiger partial charge in [-0.25, -0.2) is 9.48 Å². The second kappa shape index (κ2) is 4.64. The van der Waals surface area contributed by atoms with Gasteiger partial charge in [-0.2, -0.15) is 0 Å². The van der Waals surface area contributed by atoms with E-state index < -0.39 is 5.97 Å². The quantitative estimate of drug-likeness (QED) is 0.900. The van der Waals surface area contributed by atoms with Crippen LogP contribution in [0, 0.1) is 5.92 Å². The van der Waals surface area contributed by atoms with Crippen molar-refractivity contribution < 1.29 is 9.90 Å². The van der Waals surface area contributed by atoms with Crippen molar-refractivity contribution >= 4 is 17.0 Å². The molecule has 0 bridgehead atoms. The zero-order chi connectivity index (χ0) is 13.4. The normalized spacial score (nSPS) is 23.6. The molecule has 1 N–H and O–H groups in total. The fourth-order valence-corrected chi connectivity index (χ4v) is 2.83. The van der Waals surface area contributed by atoms with Crippen LogP contribution < -0.4 is 0 Å². The Bertz CT molecular complexity index is 612. The van der Waals surface area contributed by atoms with Crippen LogP contribution in [0.25, 0.3) is 11.0 Å². The van der Waals surface area contributed by atoms with Gasteiger partial charge in [-0.15, -0.1) is 5.10 Å². The molecule has 1 fully saturated rings. The van der Waals surface area contributed by atoms with Crippen LogP contribution in [-0.2, 0) is 0 Å². The number of hydrogen-bond donors (Lipinski definition) is 1. The minimum absolute atomic E-state index is 0.292. The Morgan fingerprint density at radius 1 is 1.32 bits per heavy atom. The second-order valence-electron chi connectivity index (χ2n) is 5.46. The molecular formula is C14H17N3O2. The predicted molar refractivity (Wildman–Crippen MR) is 71.2 cm³/mol. The first kappa shape index (κ1) is 12.1. The molecule has 5 nitrogen and oxygen atoms in total. The van der Waals surface area contributed by atoms with Crippen molar-refractivity contribution in [1.29, 1.82) is 0 Å². The number of nitrogens with zero attached hydrogens (tertiary/aromatic N) is 3. The maximum Gasteiger partial charge on any atom is 0.335 e. The number of carboxylic acids is 1. The molecule has 0 radical (unpaired) electrons. The molecule has 0 unspecified atom stereocenters. The lowest BCUT2D eigenvalue weighted by molar-refractivity contribution is 0.0697. The van der Waals surface area contributed by atoms with E-state index in [1.165, 1.54) is 12.8 Å². The van der Waals surface area contributed by atoms with Gasteiger partial charge in [-0.3, -0.25) is 0 Å². The van der Waals surface area contributed by atoms with Gasteiger partial charge < -0.3 is 5.11 Å². The van der Waals surface area contributed by atoms with Crippen molar-refractivity contribution in [2.24, 2.45) is 5.92 Å². The summed E-state index contributed by atoms with van der Waals surface area (Å²) in [5, 5.41) is 17.4. The fraction of sp³-hybridized carbons (Fsp3) is 0.500. The van der Waals surface area contributed by atoms with Crippen molar-refractivity contribution in [2.75, 3.05) is 0 Å². The maximum absolute atomic E-state index is 11.0. The van der Waals surface area contributed by atoms with Crippen LogP contribution in [0.3, 0.4) is 0 Å². The number of hydrogen-bond acceptors (Lipinski definition) is 3. The zero-order valence-electron chi connectivity index (χ0n) is 10.9. The Morgan fingerprint density at radius 2 is 2.05 bits per heavy atom. The van der Waals surface area contributed by atoms with Crippen molar-refractivity contribution in [3.8, 4) is 0 Å². The minimum Gasteiger partial charge on any atom is -0.478 e. The number of rotatable bonds is 2. The van der Waals surface area contributed by atoms with Gasteiger partial charge in [0.25, 0.3) is 0 Å². The molecule has 0 saturated heterocycles. The monoisotopic (exact) mass is 259 g/mol. The van der Waals surface area contributed by atoms with E-state index >= 15 is 0 Å². The first-order chi connectivity index (χ1) is 9.15. The van der Waals surface area contributed by atoms with Crippen molar-refractivity contribution in [3.05, 3.63) is 23.8 Å². The van der Waals surface area contributed by atoms with Gasteiger partial charge in [-0.05, 0) is 49.8 Å². The molecule has 1 aliphatic rings. The van der Waals surface area contributed by atoms with E-state index in [-0.39, 0.29) is 0 Å². The summed E-state index contributed by atoms with van der Waals surface area (Å²) >= 11 is 0. The minimum atomic E-state index is -0.910. The maximum atomic E-state index is 11.0. The van der Waals surface area contributed by atoms with Crippen molar-refractivity contribution in [1.82, 2.24) is 15.0 Å². The Hall–Kier alpha value is -1.91. The highest BCUT2D eigenvalue weighted by Gasteiger charge is 2.22. The van der Waals surface area contributed by atoms with Gasteiger partial charge in [-0.1, -0.05) is 12.1 Å². The number of benzene rings is 1. The SMILES string of the molecule is CC1CCC(n2nnc3ccc(C(=O)O)cc32)CC1. The van der Waals surface area contributed by atoms with Gasteiger partial charge >= 0.3 is 5.97 Å². The van der Waals surface area contributed by atoms with Crippen LogP contribution in [-0.4, -0.2) is 26.1 Å². The third-order valence-electron chi connectivity index (χ3n) is 4.05. The molecule has 2 aromatic rings. The summed E-state index contributed by atoms with van der Waals surface area (Å²) in [7, 11) is 0. The first-order valence-corrected chi connectivity index (χ1v) is 6.73. The van der Waals surface area contributed by atoms with Crippen LogP contribution in [0.4, 0.5) is 0 Å². The van der Waals surface area contributed by atoms with Crippen LogP contribution in [0.15, 0.2) is 18.2 Å². The fourth-order valence-electron chi connectivity index (χ4n) is 2.83. The molecule has 0 amide bonds. The number of fused-ring (bicyclic) bond motifs is 1. The standard InChI is InChI=1S/C14H17N3O2/c1-9-2-5-11(6-3-9)17-13-8-10(14(18)19)4-7-12(13)15-16-17/h4,7-9,11H,2-3,5-6H2,1H3,(H,18,19). The molecule has 19 heavy (non-hydrogen) atoms. The van der Waals surface area contributed by atoms with Crippen LogP contribution in [0.1, 0.15) is 49.0 Å². The van der Waals surface area contributed by atoms with Crippen molar-refractivity contribution in [3.63, 3.8) is 0 Å². The molecular weight excluding hydrogens is 242 g/mol. The summed E-state index contributed by atoms with van der Waals surface area (Å²) in [6.07, 6.45) is 4.59. The zero-order valence-corrected chi connectivity index (χ0v) is 10.9. The summed E-state index contributed by atoms with van der Waals surface area (Å²) < 4.78 is 1.91. The average molecular weight is 259 g/mol. The van der Waals surface area contributed by atoms with E-state index in [0.29, 0.717) is 11.6 Å². The number of aromatic carboxylic acids is 1. The lowest BCUT2D eigenvalue weighted by atomic mass is 9.87. The Morgan fingerprint density at radius 3 is 2.74 bits per heavy atom. The van der Waals surface area contributed by atoms with Gasteiger partial charge in [0.2, 0.25) is 0 Å². The second-order valence-corrected chi connectivity index (χ2v) is 5.46. The average Bonchev–Trinajstić information content (AvgIpc) is 2.82. The van der Waals surface area contributed by atoms with E-state index in [4.69, 9.17) is 5.11 Å². The van der Waals surface area contributed by atoms with E-state index in [1.807, 2.05) is 4.68 Å². The molecule has 1 aromatic heterocycles. The van der Waals surface area contributed by atoms with E-state index in [2.05, 4.69) is 17.2 Å². The van der Waals surface area contributed by atoms with Crippen LogP contribution in [0.5, 0.6) is 0 Å². The summed E-state index contributed by atoms with van der Waals surface area (Å²) in [5.74, 6) is -0.132. The van der Waals surface area contributed by atoms with Crippen LogP contribution >= 0.6 is 0 Å². The topological polar surface area (TPSA) is 68.0 Å². The summed E-state index contributed by atoms with van der Waals surface area (Å²) in [4.78, 5) is 11.0. The van der Waals surface area contributed by atoms with E-state index in [0.717, 1.165) is 29.8 Å². The van der Waals surface area contributed by atoms with E-state index in [1.54, 1.807) is 18.2 Å². The number of carbonyl (C=O) groups is 1. The van der Waals surface area contributed by atoms with Gasteiger partial charge in [0.05, 0.1) is 17.1 Å². The van der Waals surface area contributed by atoms with Crippen LogP contribution in [0.2, 0.25) is 0 Å². The van der Waals surface area contributed by atoms with Gasteiger partial charge in [0.15, 0.2) is 0 Å². The summed E-state index contributed by atoms with van der Waals surface area (Å²) in [5.41, 5.74) is 1.89. The Balaban J connectivity index is 1.99. The molecule has 100 valence electrons. The predicted octanol–water partition coefficient (Wildman–Crippen LogP) is 2.88. The third-order valence-corrected chi connectivity index (χ3v) is 4.05. The lowest BCUT2D eigenvalue weighted by Gasteiger charge is -2.26. The molecule has 1 aromatic carbocycles. The summed E-state index contributed by atoms with van der Waals surface area (Å²) in [6.45, 7) is 2.28. The molecule has 1 heterocycles. The Kier molecular flexibility index (Phi) is 2.97. The van der Waals surface area contributed by atoms with Gasteiger partial charge in [0, 0.05) is 0 Å². The highest BCUT2D eigenvalue weighted by Crippen LogP contribution is 2.33. The molecule has 0 spiro atoms. The summed E-state index contributed by atoms with van der Waals surface area (Å²) in [6, 6.07) is 5.33. The largest absolute Gasteiger partial charge is 0.478 e. The smallest absolute Gasteiger partial charge is 0.335 e. The first-order valence-electron chi connectivity index (χ1n) is 6.73.